The van der Waals surface area contributed by atoms with E-state index in [0.29, 0.717) is 37.2 Å². The highest BCUT2D eigenvalue weighted by Gasteiger charge is 2.37. The summed E-state index contributed by atoms with van der Waals surface area (Å²) in [7, 11) is 0. The number of pyridine rings is 1. The van der Waals surface area contributed by atoms with E-state index in [4.69, 9.17) is 9.47 Å². The van der Waals surface area contributed by atoms with E-state index in [1.54, 1.807) is 6.92 Å². The number of alkyl halides is 1. The van der Waals surface area contributed by atoms with Crippen LogP contribution in [-0.2, 0) is 14.3 Å². The molecule has 0 spiro atoms. The lowest BCUT2D eigenvalue weighted by atomic mass is 9.94. The van der Waals surface area contributed by atoms with Crippen molar-refractivity contribution in [2.75, 3.05) is 18.0 Å². The maximum atomic E-state index is 14.4. The molecular weight excluding hydrogens is 439 g/mol. The number of hydrogen-bond donors (Lipinski definition) is 0. The zero-order chi connectivity index (χ0) is 22.1. The van der Waals surface area contributed by atoms with Crippen LogP contribution in [0.15, 0.2) is 4.47 Å². The van der Waals surface area contributed by atoms with Crippen LogP contribution in [0.2, 0.25) is 0 Å². The summed E-state index contributed by atoms with van der Waals surface area (Å²) in [5.41, 5.74) is 1.33. The van der Waals surface area contributed by atoms with Crippen LogP contribution in [-0.4, -0.2) is 41.4 Å². The first-order valence-electron chi connectivity index (χ1n) is 10.2. The molecule has 0 aromatic carbocycles. The summed E-state index contributed by atoms with van der Waals surface area (Å²) in [5.74, 6) is -0.441. The fraction of sp³-hybridized carbons (Fsp3) is 0.727. The van der Waals surface area contributed by atoms with Gasteiger partial charge in [-0.1, -0.05) is 0 Å². The lowest BCUT2D eigenvalue weighted by Crippen LogP contribution is -2.41. The number of esters is 1. The van der Waals surface area contributed by atoms with Gasteiger partial charge in [0.2, 0.25) is 0 Å². The number of anilines is 1. The summed E-state index contributed by atoms with van der Waals surface area (Å²) >= 11 is 3.67. The summed E-state index contributed by atoms with van der Waals surface area (Å²) < 4.78 is 27.0. The molecule has 2 heterocycles. The van der Waals surface area contributed by atoms with Crippen LogP contribution < -0.4 is 4.90 Å². The summed E-state index contributed by atoms with van der Waals surface area (Å²) in [5, 5.41) is 0. The maximum Gasteiger partial charge on any atom is 0.340 e. The second-order valence-electron chi connectivity index (χ2n) is 9.36. The fourth-order valence-corrected chi connectivity index (χ4v) is 4.07. The lowest BCUT2D eigenvalue weighted by Gasteiger charge is -2.39. The van der Waals surface area contributed by atoms with Crippen molar-refractivity contribution in [3.63, 3.8) is 0 Å². The number of piperidine rings is 1. The van der Waals surface area contributed by atoms with Crippen molar-refractivity contribution in [3.8, 4) is 0 Å². The highest BCUT2D eigenvalue weighted by atomic mass is 79.9. The quantitative estimate of drug-likeness (QED) is 0.522. The molecule has 0 N–H and O–H groups in total. The third kappa shape index (κ3) is 6.14. The minimum absolute atomic E-state index is 0.263. The number of hydrogen-bond acceptors (Lipinski definition) is 5. The molecule has 7 heteroatoms. The lowest BCUT2D eigenvalue weighted by molar-refractivity contribution is -0.171. The van der Waals surface area contributed by atoms with Gasteiger partial charge in [-0.3, -0.25) is 4.98 Å². The van der Waals surface area contributed by atoms with E-state index in [9.17, 15) is 9.18 Å². The molecule has 0 unspecified atom stereocenters. The van der Waals surface area contributed by atoms with Crippen molar-refractivity contribution in [2.45, 2.75) is 91.7 Å². The van der Waals surface area contributed by atoms with Gasteiger partial charge in [-0.2, -0.15) is 0 Å². The molecule has 0 bridgehead atoms. The van der Waals surface area contributed by atoms with Gasteiger partial charge in [0, 0.05) is 24.3 Å². The van der Waals surface area contributed by atoms with E-state index in [2.05, 4.69) is 25.8 Å². The Hall–Kier alpha value is -1.21. The minimum atomic E-state index is -1.17. The largest absolute Gasteiger partial charge is 0.461 e. The molecule has 5 nitrogen and oxygen atoms in total. The molecule has 1 fully saturated rings. The predicted octanol–water partition coefficient (Wildman–Crippen LogP) is 5.60. The van der Waals surface area contributed by atoms with Gasteiger partial charge in [0.1, 0.15) is 5.67 Å². The monoisotopic (exact) mass is 472 g/mol. The van der Waals surface area contributed by atoms with Crippen molar-refractivity contribution in [1.29, 1.82) is 0 Å². The van der Waals surface area contributed by atoms with Crippen LogP contribution in [0.25, 0.3) is 0 Å². The van der Waals surface area contributed by atoms with Crippen LogP contribution in [0.3, 0.4) is 0 Å². The summed E-state index contributed by atoms with van der Waals surface area (Å²) in [6.45, 7) is 15.9. The van der Waals surface area contributed by atoms with E-state index in [1.807, 2.05) is 48.5 Å². The van der Waals surface area contributed by atoms with Crippen molar-refractivity contribution in [2.24, 2.45) is 0 Å². The van der Waals surface area contributed by atoms with Gasteiger partial charge >= 0.3 is 5.97 Å². The van der Waals surface area contributed by atoms with Gasteiger partial charge in [0.15, 0.2) is 6.10 Å². The summed E-state index contributed by atoms with van der Waals surface area (Å²) in [4.78, 5) is 19.8. The molecule has 0 radical (unpaired) electrons. The Labute approximate surface area is 182 Å². The standard InChI is InChI=1S/C22H34BrFN2O3/c1-13(2)28-20(27)19(29-21(5,6)7)16-14(3)25-15(4)17(23)18(16)26-11-9-22(8,24)10-12-26/h13,19H,9-12H2,1-8H3/t19-/m0/s1. The van der Waals surface area contributed by atoms with Gasteiger partial charge in [0.05, 0.1) is 27.6 Å². The Morgan fingerprint density at radius 1 is 1.21 bits per heavy atom. The number of halogens is 2. The van der Waals surface area contributed by atoms with Crippen molar-refractivity contribution >= 4 is 27.6 Å². The number of aryl methyl sites for hydroxylation is 2. The third-order valence-electron chi connectivity index (χ3n) is 4.93. The molecule has 1 atom stereocenters. The van der Waals surface area contributed by atoms with Crippen LogP contribution in [0.4, 0.5) is 10.1 Å². The van der Waals surface area contributed by atoms with Crippen molar-refractivity contribution in [3.05, 3.63) is 21.4 Å². The minimum Gasteiger partial charge on any atom is -0.461 e. The van der Waals surface area contributed by atoms with Gasteiger partial charge in [-0.15, -0.1) is 0 Å². The predicted molar refractivity (Wildman–Crippen MR) is 117 cm³/mol. The molecule has 1 aromatic heterocycles. The molecule has 0 amide bonds. The fourth-order valence-electron chi connectivity index (χ4n) is 3.51. The Balaban J connectivity index is 2.60. The zero-order valence-electron chi connectivity index (χ0n) is 18.9. The van der Waals surface area contributed by atoms with Crippen molar-refractivity contribution < 1.29 is 18.7 Å². The van der Waals surface area contributed by atoms with E-state index in [1.165, 1.54) is 0 Å². The molecule has 29 heavy (non-hydrogen) atoms. The second-order valence-corrected chi connectivity index (χ2v) is 10.1. The average Bonchev–Trinajstić information content (AvgIpc) is 2.55. The molecule has 1 aliphatic heterocycles. The smallest absolute Gasteiger partial charge is 0.340 e. The van der Waals surface area contributed by atoms with Gasteiger partial charge in [-0.05, 0) is 84.2 Å². The Kier molecular flexibility index (Phi) is 7.37. The second kappa shape index (κ2) is 8.88. The van der Waals surface area contributed by atoms with E-state index in [0.717, 1.165) is 15.9 Å². The first-order chi connectivity index (χ1) is 13.2. The number of rotatable bonds is 5. The SMILES string of the molecule is Cc1nc(C)c([C@H](OC(C)(C)C)C(=O)OC(C)C)c(N2CCC(C)(F)CC2)c1Br. The molecule has 1 aliphatic rings. The number of nitrogens with zero attached hydrogens (tertiary/aromatic N) is 2. The molecule has 1 saturated heterocycles. The van der Waals surface area contributed by atoms with Gasteiger partial charge < -0.3 is 14.4 Å². The Bertz CT molecular complexity index is 749. The first-order valence-corrected chi connectivity index (χ1v) is 11.0. The van der Waals surface area contributed by atoms with E-state index < -0.39 is 23.3 Å². The number of aromatic nitrogens is 1. The molecule has 2 rings (SSSR count). The van der Waals surface area contributed by atoms with Gasteiger partial charge in [0.25, 0.3) is 0 Å². The van der Waals surface area contributed by atoms with Crippen LogP contribution >= 0.6 is 15.9 Å². The van der Waals surface area contributed by atoms with Crippen LogP contribution in [0.1, 0.15) is 77.4 Å². The van der Waals surface area contributed by atoms with Crippen LogP contribution in [0.5, 0.6) is 0 Å². The average molecular weight is 473 g/mol. The third-order valence-corrected chi connectivity index (χ3v) is 5.88. The topological polar surface area (TPSA) is 51.7 Å². The molecular formula is C22H34BrFN2O3. The molecule has 1 aromatic rings. The summed E-state index contributed by atoms with van der Waals surface area (Å²) in [6, 6.07) is 0. The highest BCUT2D eigenvalue weighted by Crippen LogP contribution is 2.42. The zero-order valence-corrected chi connectivity index (χ0v) is 20.4. The number of ether oxygens (including phenoxy) is 2. The maximum absolute atomic E-state index is 14.4. The Morgan fingerprint density at radius 2 is 1.76 bits per heavy atom. The Morgan fingerprint density at radius 3 is 2.24 bits per heavy atom. The van der Waals surface area contributed by atoms with Crippen molar-refractivity contribution in [1.82, 2.24) is 4.98 Å². The molecule has 0 saturated carbocycles. The summed E-state index contributed by atoms with van der Waals surface area (Å²) in [6.07, 6.45) is -0.321. The van der Waals surface area contributed by atoms with E-state index in [-0.39, 0.29) is 6.10 Å². The molecule has 0 aliphatic carbocycles. The van der Waals surface area contributed by atoms with Gasteiger partial charge in [-0.25, -0.2) is 9.18 Å². The normalized spacial score (nSPS) is 18.1. The number of carbonyl (C=O) groups excluding carboxylic acids is 1. The van der Waals surface area contributed by atoms with Crippen LogP contribution in [0, 0.1) is 13.8 Å². The molecule has 164 valence electrons. The van der Waals surface area contributed by atoms with E-state index >= 15 is 0 Å². The number of carbonyl (C=O) groups is 1. The first kappa shape index (κ1) is 24.1. The highest BCUT2D eigenvalue weighted by molar-refractivity contribution is 9.10.